The second-order valence-corrected chi connectivity index (χ2v) is 11.6. The number of unbranched alkanes of at least 4 members (excludes halogenated alkanes) is 2. The van der Waals surface area contributed by atoms with E-state index in [0.29, 0.717) is 5.41 Å². The highest BCUT2D eigenvalue weighted by molar-refractivity contribution is 7.11. The third-order valence-corrected chi connectivity index (χ3v) is 8.16. The zero-order valence-electron chi connectivity index (χ0n) is 20.8. The molecule has 2 heterocycles. The van der Waals surface area contributed by atoms with Gasteiger partial charge in [0.05, 0.1) is 13.2 Å². The van der Waals surface area contributed by atoms with Crippen LogP contribution in [0.2, 0.25) is 0 Å². The van der Waals surface area contributed by atoms with Crippen LogP contribution in [0.1, 0.15) is 80.2 Å². The summed E-state index contributed by atoms with van der Waals surface area (Å²) in [5, 5.41) is 0. The lowest BCUT2D eigenvalue weighted by Gasteiger charge is -2.31. The molecule has 2 aromatic rings. The molecule has 0 aliphatic carbocycles. The zero-order chi connectivity index (χ0) is 22.7. The SMILES string of the molecule is CCCCCc1ccc(CCCc2ccc(CCC(C)(C)CCN3CCOCC3)s2)cc1. The van der Waals surface area contributed by atoms with Crippen LogP contribution in [0.3, 0.4) is 0 Å². The maximum absolute atomic E-state index is 5.47. The topological polar surface area (TPSA) is 12.5 Å². The van der Waals surface area contributed by atoms with Crippen molar-refractivity contribution < 1.29 is 4.74 Å². The molecule has 1 aromatic heterocycles. The lowest BCUT2D eigenvalue weighted by atomic mass is 9.84. The van der Waals surface area contributed by atoms with Gasteiger partial charge in [0.1, 0.15) is 0 Å². The highest BCUT2D eigenvalue weighted by Crippen LogP contribution is 2.30. The van der Waals surface area contributed by atoms with Crippen LogP contribution in [0, 0.1) is 5.41 Å². The van der Waals surface area contributed by atoms with Gasteiger partial charge >= 0.3 is 0 Å². The Hall–Kier alpha value is -1.16. The van der Waals surface area contributed by atoms with Crippen molar-refractivity contribution in [1.29, 1.82) is 0 Å². The first-order chi connectivity index (χ1) is 15.5. The Kier molecular flexibility index (Phi) is 10.8. The molecular weight excluding hydrogens is 410 g/mol. The van der Waals surface area contributed by atoms with E-state index in [4.69, 9.17) is 4.74 Å². The smallest absolute Gasteiger partial charge is 0.0594 e. The highest BCUT2D eigenvalue weighted by atomic mass is 32.1. The molecule has 0 saturated carbocycles. The second-order valence-electron chi connectivity index (χ2n) is 10.4. The first-order valence-corrected chi connectivity index (χ1v) is 13.8. The first kappa shape index (κ1) is 25.5. The van der Waals surface area contributed by atoms with Crippen molar-refractivity contribution in [2.24, 2.45) is 5.41 Å². The quantitative estimate of drug-likeness (QED) is 0.276. The van der Waals surface area contributed by atoms with Gasteiger partial charge in [-0.1, -0.05) is 57.9 Å². The van der Waals surface area contributed by atoms with E-state index in [9.17, 15) is 0 Å². The average Bonchev–Trinajstić information content (AvgIpc) is 3.26. The van der Waals surface area contributed by atoms with E-state index in [1.807, 2.05) is 11.3 Å². The van der Waals surface area contributed by atoms with E-state index in [1.165, 1.54) is 81.9 Å². The molecule has 0 amide bonds. The van der Waals surface area contributed by atoms with E-state index in [-0.39, 0.29) is 0 Å². The largest absolute Gasteiger partial charge is 0.379 e. The normalized spacial score (nSPS) is 15.3. The molecule has 0 N–H and O–H groups in total. The van der Waals surface area contributed by atoms with Gasteiger partial charge in [-0.2, -0.15) is 0 Å². The highest BCUT2D eigenvalue weighted by Gasteiger charge is 2.20. The number of thiophene rings is 1. The van der Waals surface area contributed by atoms with Crippen molar-refractivity contribution >= 4 is 11.3 Å². The number of benzene rings is 1. The molecule has 178 valence electrons. The number of hydrogen-bond donors (Lipinski definition) is 0. The Labute approximate surface area is 201 Å². The van der Waals surface area contributed by atoms with Crippen molar-refractivity contribution in [2.75, 3.05) is 32.8 Å². The second kappa shape index (κ2) is 13.5. The van der Waals surface area contributed by atoms with Crippen LogP contribution in [0.5, 0.6) is 0 Å². The molecule has 0 bridgehead atoms. The molecule has 1 aromatic carbocycles. The van der Waals surface area contributed by atoms with Gasteiger partial charge in [-0.15, -0.1) is 11.3 Å². The molecule has 0 radical (unpaired) electrons. The van der Waals surface area contributed by atoms with Gasteiger partial charge in [0, 0.05) is 22.8 Å². The molecule has 3 heteroatoms. The fourth-order valence-corrected chi connectivity index (χ4v) is 5.54. The molecule has 1 fully saturated rings. The predicted octanol–water partition coefficient (Wildman–Crippen LogP) is 7.34. The molecule has 1 aliphatic heterocycles. The number of nitrogens with zero attached hydrogens (tertiary/aromatic N) is 1. The minimum absolute atomic E-state index is 0.408. The maximum atomic E-state index is 5.47. The Balaban J connectivity index is 1.33. The van der Waals surface area contributed by atoms with Gasteiger partial charge in [-0.3, -0.25) is 4.90 Å². The molecule has 0 atom stereocenters. The standard InChI is InChI=1S/C29H45NOS/c1-4-5-6-8-25-11-13-26(14-12-25)9-7-10-27-15-16-28(32-27)17-18-29(2,3)19-20-30-21-23-31-24-22-30/h11-16H,4-10,17-24H2,1-3H3. The third kappa shape index (κ3) is 9.37. The molecule has 2 nitrogen and oxygen atoms in total. The summed E-state index contributed by atoms with van der Waals surface area (Å²) in [5.41, 5.74) is 3.39. The first-order valence-electron chi connectivity index (χ1n) is 13.0. The van der Waals surface area contributed by atoms with E-state index in [1.54, 1.807) is 9.75 Å². The van der Waals surface area contributed by atoms with Crippen molar-refractivity contribution in [3.63, 3.8) is 0 Å². The summed E-state index contributed by atoms with van der Waals surface area (Å²) in [4.78, 5) is 5.69. The lowest BCUT2D eigenvalue weighted by molar-refractivity contribution is 0.0323. The van der Waals surface area contributed by atoms with E-state index in [0.717, 1.165) is 26.3 Å². The van der Waals surface area contributed by atoms with Crippen molar-refractivity contribution in [3.8, 4) is 0 Å². The van der Waals surface area contributed by atoms with Crippen LogP contribution in [0.4, 0.5) is 0 Å². The van der Waals surface area contributed by atoms with Crippen molar-refractivity contribution in [2.45, 2.75) is 85.0 Å². The Bertz CT molecular complexity index is 758. The summed E-state index contributed by atoms with van der Waals surface area (Å²) in [6, 6.07) is 14.1. The molecule has 1 saturated heterocycles. The zero-order valence-corrected chi connectivity index (χ0v) is 21.7. The van der Waals surface area contributed by atoms with Gasteiger partial charge in [0.15, 0.2) is 0 Å². The summed E-state index contributed by atoms with van der Waals surface area (Å²) in [5.74, 6) is 0. The molecule has 1 aliphatic rings. The number of ether oxygens (including phenoxy) is 1. The van der Waals surface area contributed by atoms with Crippen LogP contribution in [0.25, 0.3) is 0 Å². The molecular formula is C29H45NOS. The summed E-state index contributed by atoms with van der Waals surface area (Å²) >= 11 is 2.04. The van der Waals surface area contributed by atoms with Crippen molar-refractivity contribution in [1.82, 2.24) is 4.90 Å². The van der Waals surface area contributed by atoms with Gasteiger partial charge in [-0.25, -0.2) is 0 Å². The van der Waals surface area contributed by atoms with Crippen LogP contribution in [-0.2, 0) is 30.4 Å². The number of morpholine rings is 1. The predicted molar refractivity (Wildman–Crippen MR) is 140 cm³/mol. The van der Waals surface area contributed by atoms with E-state index < -0.39 is 0 Å². The van der Waals surface area contributed by atoms with Crippen LogP contribution >= 0.6 is 11.3 Å². The molecule has 32 heavy (non-hydrogen) atoms. The Morgan fingerprint density at radius 2 is 1.41 bits per heavy atom. The van der Waals surface area contributed by atoms with E-state index >= 15 is 0 Å². The van der Waals surface area contributed by atoms with Crippen LogP contribution < -0.4 is 0 Å². The molecule has 0 spiro atoms. The Morgan fingerprint density at radius 3 is 2.06 bits per heavy atom. The lowest BCUT2D eigenvalue weighted by Crippen LogP contribution is -2.38. The number of rotatable bonds is 14. The van der Waals surface area contributed by atoms with Crippen LogP contribution in [0.15, 0.2) is 36.4 Å². The average molecular weight is 456 g/mol. The fraction of sp³-hybridized carbons (Fsp3) is 0.655. The summed E-state index contributed by atoms with van der Waals surface area (Å²) in [7, 11) is 0. The summed E-state index contributed by atoms with van der Waals surface area (Å²) < 4.78 is 5.47. The number of hydrogen-bond acceptors (Lipinski definition) is 3. The van der Waals surface area contributed by atoms with Crippen LogP contribution in [-0.4, -0.2) is 37.7 Å². The summed E-state index contributed by atoms with van der Waals surface area (Å²) in [6.45, 7) is 12.4. The minimum atomic E-state index is 0.408. The van der Waals surface area contributed by atoms with Gasteiger partial charge in [-0.05, 0) is 86.6 Å². The summed E-state index contributed by atoms with van der Waals surface area (Å²) in [6.07, 6.45) is 12.6. The van der Waals surface area contributed by atoms with E-state index in [2.05, 4.69) is 62.1 Å². The molecule has 3 rings (SSSR count). The van der Waals surface area contributed by atoms with Gasteiger partial charge in [0.25, 0.3) is 0 Å². The molecule has 0 unspecified atom stereocenters. The fourth-order valence-electron chi connectivity index (χ4n) is 4.48. The maximum Gasteiger partial charge on any atom is 0.0594 e. The van der Waals surface area contributed by atoms with Crippen molar-refractivity contribution in [3.05, 3.63) is 57.3 Å². The Morgan fingerprint density at radius 1 is 0.781 bits per heavy atom. The van der Waals surface area contributed by atoms with Gasteiger partial charge in [0.2, 0.25) is 0 Å². The number of aryl methyl sites for hydroxylation is 4. The third-order valence-electron chi connectivity index (χ3n) is 6.95. The monoisotopic (exact) mass is 455 g/mol. The van der Waals surface area contributed by atoms with Gasteiger partial charge < -0.3 is 4.74 Å². The minimum Gasteiger partial charge on any atom is -0.379 e.